The number of carbonyl (C=O) groups excluding carboxylic acids is 1. The first-order valence-electron chi connectivity index (χ1n) is 4.57. The van der Waals surface area contributed by atoms with Crippen LogP contribution >= 0.6 is 0 Å². The molecule has 1 saturated heterocycles. The highest BCUT2D eigenvalue weighted by atomic mass is 32.2. The van der Waals surface area contributed by atoms with Crippen molar-refractivity contribution in [2.24, 2.45) is 0 Å². The molecule has 0 aromatic carbocycles. The summed E-state index contributed by atoms with van der Waals surface area (Å²) in [5.74, 6) is -1.67. The van der Waals surface area contributed by atoms with Gasteiger partial charge in [0, 0.05) is 6.08 Å². The Morgan fingerprint density at radius 2 is 2.00 bits per heavy atom. The van der Waals surface area contributed by atoms with E-state index in [9.17, 15) is 18.0 Å². The smallest absolute Gasteiger partial charge is 0.328 e. The maximum atomic E-state index is 11.6. The van der Waals surface area contributed by atoms with Gasteiger partial charge in [-0.2, -0.15) is 0 Å². The van der Waals surface area contributed by atoms with Crippen molar-refractivity contribution in [3.63, 3.8) is 0 Å². The van der Waals surface area contributed by atoms with E-state index in [-0.39, 0.29) is 6.54 Å². The van der Waals surface area contributed by atoms with Crippen molar-refractivity contribution in [2.45, 2.75) is 25.5 Å². The Morgan fingerprint density at radius 3 is 2.38 bits per heavy atom. The van der Waals surface area contributed by atoms with Crippen LogP contribution in [-0.4, -0.2) is 41.0 Å². The number of nitrogens with zero attached hydrogens (tertiary/aromatic N) is 1. The first-order chi connectivity index (χ1) is 7.10. The summed E-state index contributed by atoms with van der Waals surface area (Å²) >= 11 is 0. The molecule has 1 rings (SSSR count). The highest BCUT2D eigenvalue weighted by molar-refractivity contribution is 7.94. The van der Waals surface area contributed by atoms with E-state index in [1.165, 1.54) is 20.8 Å². The Morgan fingerprint density at radius 1 is 1.50 bits per heavy atom. The summed E-state index contributed by atoms with van der Waals surface area (Å²) in [4.78, 5) is 21.8. The molecule has 1 N–H and O–H groups in total. The van der Waals surface area contributed by atoms with Crippen LogP contribution in [-0.2, 0) is 19.6 Å². The van der Waals surface area contributed by atoms with Gasteiger partial charge in [0.25, 0.3) is 15.9 Å². The minimum atomic E-state index is -3.63. The molecule has 0 aromatic rings. The van der Waals surface area contributed by atoms with Gasteiger partial charge in [-0.25, -0.2) is 17.5 Å². The van der Waals surface area contributed by atoms with Crippen LogP contribution in [0, 0.1) is 0 Å². The van der Waals surface area contributed by atoms with E-state index in [0.717, 1.165) is 6.08 Å². The molecule has 16 heavy (non-hydrogen) atoms. The topological polar surface area (TPSA) is 91.8 Å². The molecule has 7 heteroatoms. The summed E-state index contributed by atoms with van der Waals surface area (Å²) in [5, 5.41) is 8.46. The molecule has 1 aliphatic heterocycles. The Hall–Kier alpha value is -1.37. The van der Waals surface area contributed by atoms with E-state index in [0.29, 0.717) is 9.88 Å². The number of aliphatic carboxylic acids is 1. The standard InChI is InChI=1S/C9H13NO5S/c1-6(4-7(11)12)5-10-8(13)9(2,3)16(10,14)15/h4H,5H2,1-3H3,(H,11,12). The number of amides is 1. The molecular weight excluding hydrogens is 234 g/mol. The third-order valence-electron chi connectivity index (χ3n) is 2.44. The maximum Gasteiger partial charge on any atom is 0.328 e. The molecule has 1 amide bonds. The van der Waals surface area contributed by atoms with Crippen molar-refractivity contribution >= 4 is 21.9 Å². The van der Waals surface area contributed by atoms with E-state index in [2.05, 4.69) is 0 Å². The molecule has 1 fully saturated rings. The van der Waals surface area contributed by atoms with Gasteiger partial charge >= 0.3 is 5.97 Å². The number of carbonyl (C=O) groups is 2. The highest BCUT2D eigenvalue weighted by Gasteiger charge is 2.59. The first kappa shape index (κ1) is 12.7. The number of sulfonamides is 1. The van der Waals surface area contributed by atoms with Gasteiger partial charge in [0.05, 0.1) is 6.54 Å². The van der Waals surface area contributed by atoms with Gasteiger partial charge in [-0.1, -0.05) is 0 Å². The van der Waals surface area contributed by atoms with E-state index < -0.39 is 26.6 Å². The molecule has 6 nitrogen and oxygen atoms in total. The molecule has 90 valence electrons. The van der Waals surface area contributed by atoms with Crippen LogP contribution < -0.4 is 0 Å². The van der Waals surface area contributed by atoms with E-state index in [1.807, 2.05) is 0 Å². The summed E-state index contributed by atoms with van der Waals surface area (Å²) < 4.78 is 22.6. The largest absolute Gasteiger partial charge is 0.478 e. The lowest BCUT2D eigenvalue weighted by Crippen LogP contribution is -2.67. The maximum absolute atomic E-state index is 11.6. The molecule has 0 bridgehead atoms. The normalized spacial score (nSPS) is 22.8. The SMILES string of the molecule is CC(=CC(=O)O)CN1C(=O)C(C)(C)S1(=O)=O. The van der Waals surface area contributed by atoms with E-state index >= 15 is 0 Å². The fraction of sp³-hybridized carbons (Fsp3) is 0.556. The van der Waals surface area contributed by atoms with Gasteiger partial charge < -0.3 is 5.11 Å². The van der Waals surface area contributed by atoms with Crippen LogP contribution in [0.3, 0.4) is 0 Å². The summed E-state index contributed by atoms with van der Waals surface area (Å²) in [6, 6.07) is 0. The van der Waals surface area contributed by atoms with Crippen LogP contribution in [0.5, 0.6) is 0 Å². The van der Waals surface area contributed by atoms with Gasteiger partial charge in [-0.05, 0) is 26.3 Å². The van der Waals surface area contributed by atoms with E-state index in [1.54, 1.807) is 0 Å². The van der Waals surface area contributed by atoms with Crippen LogP contribution in [0.25, 0.3) is 0 Å². The van der Waals surface area contributed by atoms with Crippen LogP contribution in [0.2, 0.25) is 0 Å². The van der Waals surface area contributed by atoms with Crippen molar-refractivity contribution in [3.8, 4) is 0 Å². The lowest BCUT2D eigenvalue weighted by molar-refractivity contribution is -0.133. The zero-order valence-corrected chi connectivity index (χ0v) is 10.0. The number of carboxylic acids is 1. The minimum absolute atomic E-state index is 0.198. The van der Waals surface area contributed by atoms with Crippen molar-refractivity contribution in [2.75, 3.05) is 6.54 Å². The zero-order valence-electron chi connectivity index (χ0n) is 9.22. The summed E-state index contributed by atoms with van der Waals surface area (Å²) in [7, 11) is -3.63. The van der Waals surface area contributed by atoms with Gasteiger partial charge in [0.15, 0.2) is 4.75 Å². The van der Waals surface area contributed by atoms with Crippen LogP contribution in [0.1, 0.15) is 20.8 Å². The third kappa shape index (κ3) is 1.71. The quantitative estimate of drug-likeness (QED) is 0.707. The predicted molar refractivity (Wildman–Crippen MR) is 56.1 cm³/mol. The molecule has 0 unspecified atom stereocenters. The lowest BCUT2D eigenvalue weighted by atomic mass is 10.1. The van der Waals surface area contributed by atoms with E-state index in [4.69, 9.17) is 5.11 Å². The number of rotatable bonds is 3. The van der Waals surface area contributed by atoms with Gasteiger partial charge in [0.1, 0.15) is 0 Å². The summed E-state index contributed by atoms with van der Waals surface area (Å²) in [6.07, 6.45) is 0.883. The fourth-order valence-corrected chi connectivity index (χ4v) is 2.97. The molecule has 0 spiro atoms. The molecule has 0 saturated carbocycles. The first-order valence-corrected chi connectivity index (χ1v) is 6.01. The fourth-order valence-electron chi connectivity index (χ4n) is 1.40. The van der Waals surface area contributed by atoms with Crippen LogP contribution in [0.4, 0.5) is 0 Å². The molecule has 0 atom stereocenters. The average molecular weight is 247 g/mol. The summed E-state index contributed by atoms with van der Waals surface area (Å²) in [6.45, 7) is 3.92. The Bertz CT molecular complexity index is 474. The molecule has 0 radical (unpaired) electrons. The average Bonchev–Trinajstić information content (AvgIpc) is 2.11. The zero-order chi connectivity index (χ0) is 12.7. The second-order valence-corrected chi connectivity index (χ2v) is 6.57. The monoisotopic (exact) mass is 247 g/mol. The highest BCUT2D eigenvalue weighted by Crippen LogP contribution is 2.35. The minimum Gasteiger partial charge on any atom is -0.478 e. The van der Waals surface area contributed by atoms with Gasteiger partial charge in [0.2, 0.25) is 0 Å². The number of carboxylic acid groups (broad SMARTS) is 1. The second kappa shape index (κ2) is 3.58. The van der Waals surface area contributed by atoms with Gasteiger partial charge in [-0.3, -0.25) is 4.79 Å². The number of hydrogen-bond acceptors (Lipinski definition) is 4. The van der Waals surface area contributed by atoms with Crippen molar-refractivity contribution in [1.29, 1.82) is 0 Å². The van der Waals surface area contributed by atoms with Crippen LogP contribution in [0.15, 0.2) is 11.6 Å². The third-order valence-corrected chi connectivity index (χ3v) is 4.78. The lowest BCUT2D eigenvalue weighted by Gasteiger charge is -2.43. The summed E-state index contributed by atoms with van der Waals surface area (Å²) in [5.41, 5.74) is 0.305. The molecule has 0 aliphatic carbocycles. The predicted octanol–water partition coefficient (Wildman–Crippen LogP) is -0.0321. The van der Waals surface area contributed by atoms with Gasteiger partial charge in [-0.15, -0.1) is 0 Å². The van der Waals surface area contributed by atoms with Crippen molar-refractivity contribution < 1.29 is 23.1 Å². The Labute approximate surface area is 93.6 Å². The number of hydrogen-bond donors (Lipinski definition) is 1. The Balaban J connectivity index is 2.88. The second-order valence-electron chi connectivity index (χ2n) is 4.16. The molecule has 1 aliphatic rings. The molecule has 0 aromatic heterocycles. The molecule has 1 heterocycles. The molecular formula is C9H13NO5S. The van der Waals surface area contributed by atoms with Crippen molar-refractivity contribution in [1.82, 2.24) is 4.31 Å². The Kier molecular flexibility index (Phi) is 2.84. The van der Waals surface area contributed by atoms with Crippen molar-refractivity contribution in [3.05, 3.63) is 11.6 Å².